The molecule has 0 saturated carbocycles. The molecule has 0 bridgehead atoms. The molecule has 4 heterocycles. The van der Waals surface area contributed by atoms with E-state index in [0.717, 1.165) is 11.1 Å². The van der Waals surface area contributed by atoms with Crippen LogP contribution in [0.5, 0.6) is 0 Å². The summed E-state index contributed by atoms with van der Waals surface area (Å²) in [5.74, 6) is 0.0172. The largest absolute Gasteiger partial charge is 0.338 e. The smallest absolute Gasteiger partial charge is 0.274 e. The molecule has 1 fully saturated rings. The highest BCUT2D eigenvalue weighted by Crippen LogP contribution is 2.31. The van der Waals surface area contributed by atoms with Crippen molar-refractivity contribution in [1.82, 2.24) is 34.4 Å². The number of hydrogen-bond donors (Lipinski definition) is 1. The van der Waals surface area contributed by atoms with E-state index in [0.29, 0.717) is 42.5 Å². The number of fused-ring (bicyclic) bond motifs is 1. The molecule has 9 nitrogen and oxygen atoms in total. The lowest BCUT2D eigenvalue weighted by Gasteiger charge is -2.46. The Morgan fingerprint density at radius 1 is 1.08 bits per heavy atom. The summed E-state index contributed by atoms with van der Waals surface area (Å²) in [5.41, 5.74) is 2.81. The Kier molecular flexibility index (Phi) is 6.08. The molecule has 1 aliphatic heterocycles. The van der Waals surface area contributed by atoms with Crippen molar-refractivity contribution in [2.75, 3.05) is 19.6 Å². The number of nitrogens with zero attached hydrogens (tertiary/aromatic N) is 6. The fourth-order valence-corrected chi connectivity index (χ4v) is 4.94. The van der Waals surface area contributed by atoms with Gasteiger partial charge in [-0.2, -0.15) is 5.10 Å². The predicted molar refractivity (Wildman–Crippen MR) is 141 cm³/mol. The first-order valence-electron chi connectivity index (χ1n) is 12.6. The van der Waals surface area contributed by atoms with Gasteiger partial charge in [0, 0.05) is 30.8 Å². The summed E-state index contributed by atoms with van der Waals surface area (Å²) in [6.07, 6.45) is 3.19. The highest BCUT2D eigenvalue weighted by atomic mass is 19.1. The average Bonchev–Trinajstić information content (AvgIpc) is 3.48. The number of carbonyl (C=O) groups excluding carboxylic acids is 2. The molecule has 0 unspecified atom stereocenters. The van der Waals surface area contributed by atoms with Crippen molar-refractivity contribution < 1.29 is 14.0 Å². The Morgan fingerprint density at radius 2 is 1.79 bits per heavy atom. The van der Waals surface area contributed by atoms with Crippen molar-refractivity contribution in [3.63, 3.8) is 0 Å². The minimum Gasteiger partial charge on any atom is -0.338 e. The van der Waals surface area contributed by atoms with Gasteiger partial charge in [-0.1, -0.05) is 20.8 Å². The Hall–Kier alpha value is -4.08. The zero-order valence-electron chi connectivity index (χ0n) is 22.5. The van der Waals surface area contributed by atoms with Crippen molar-refractivity contribution in [2.24, 2.45) is 0 Å². The number of hydrogen-bond acceptors (Lipinski definition) is 5. The van der Waals surface area contributed by atoms with Gasteiger partial charge in [-0.25, -0.2) is 18.9 Å². The van der Waals surface area contributed by atoms with E-state index in [1.807, 2.05) is 19.9 Å². The van der Waals surface area contributed by atoms with Crippen molar-refractivity contribution in [3.8, 4) is 11.3 Å². The van der Waals surface area contributed by atoms with Gasteiger partial charge in [-0.3, -0.25) is 9.59 Å². The summed E-state index contributed by atoms with van der Waals surface area (Å²) in [6.45, 7) is 13.1. The molecule has 3 aromatic heterocycles. The van der Waals surface area contributed by atoms with E-state index in [1.54, 1.807) is 45.8 Å². The van der Waals surface area contributed by atoms with Gasteiger partial charge in [0.2, 0.25) is 0 Å². The molecule has 38 heavy (non-hydrogen) atoms. The van der Waals surface area contributed by atoms with Gasteiger partial charge in [0.1, 0.15) is 23.0 Å². The molecule has 0 atom stereocenters. The lowest BCUT2D eigenvalue weighted by atomic mass is 9.87. The minimum absolute atomic E-state index is 0.133. The standard InChI is InChI=1S/C28H32FN7O2/c1-17-30-14-22(31-17)25(37)34-11-12-35(28(5,6)16-34)26(38)23-15-36-24(32-23)20(27(2,3)4)13-21(33-36)18-7-9-19(29)10-8-18/h7-10,13-15H,11-12,16H2,1-6H3,(H,30,31). The number of aryl methyl sites for hydroxylation is 1. The summed E-state index contributed by atoms with van der Waals surface area (Å²) < 4.78 is 15.1. The van der Waals surface area contributed by atoms with E-state index in [2.05, 4.69) is 30.7 Å². The fourth-order valence-electron chi connectivity index (χ4n) is 4.94. The quantitative estimate of drug-likeness (QED) is 0.438. The third kappa shape index (κ3) is 4.66. The van der Waals surface area contributed by atoms with Gasteiger partial charge in [-0.05, 0) is 56.5 Å². The molecule has 0 aliphatic carbocycles. The van der Waals surface area contributed by atoms with Gasteiger partial charge in [0.05, 0.1) is 23.6 Å². The van der Waals surface area contributed by atoms with Gasteiger partial charge < -0.3 is 14.8 Å². The van der Waals surface area contributed by atoms with Crippen molar-refractivity contribution in [3.05, 3.63) is 71.3 Å². The van der Waals surface area contributed by atoms with E-state index >= 15 is 0 Å². The molecule has 2 amide bonds. The van der Waals surface area contributed by atoms with Crippen LogP contribution in [0.2, 0.25) is 0 Å². The topological polar surface area (TPSA) is 99.5 Å². The highest BCUT2D eigenvalue weighted by Gasteiger charge is 2.40. The van der Waals surface area contributed by atoms with Crippen LogP contribution in [0.1, 0.15) is 67.0 Å². The number of aromatic nitrogens is 5. The molecule has 4 aromatic rings. The maximum Gasteiger partial charge on any atom is 0.274 e. The monoisotopic (exact) mass is 517 g/mol. The molecule has 5 rings (SSSR count). The van der Waals surface area contributed by atoms with Gasteiger partial charge in [-0.15, -0.1) is 0 Å². The number of H-pyrrole nitrogens is 1. The lowest BCUT2D eigenvalue weighted by Crippen LogP contribution is -2.62. The summed E-state index contributed by atoms with van der Waals surface area (Å²) in [5, 5.41) is 4.70. The van der Waals surface area contributed by atoms with Gasteiger partial charge >= 0.3 is 0 Å². The van der Waals surface area contributed by atoms with Crippen LogP contribution in [0.3, 0.4) is 0 Å². The maximum atomic E-state index is 13.7. The van der Waals surface area contributed by atoms with Crippen LogP contribution in [-0.4, -0.2) is 71.4 Å². The second-order valence-corrected chi connectivity index (χ2v) is 11.5. The van der Waals surface area contributed by atoms with E-state index < -0.39 is 5.54 Å². The number of piperazine rings is 1. The first-order valence-corrected chi connectivity index (χ1v) is 12.6. The van der Waals surface area contributed by atoms with Crippen molar-refractivity contribution >= 4 is 17.5 Å². The van der Waals surface area contributed by atoms with Crippen LogP contribution in [0, 0.1) is 12.7 Å². The van der Waals surface area contributed by atoms with Crippen LogP contribution < -0.4 is 0 Å². The summed E-state index contributed by atoms with van der Waals surface area (Å²) in [4.78, 5) is 42.1. The van der Waals surface area contributed by atoms with Crippen LogP contribution >= 0.6 is 0 Å². The van der Waals surface area contributed by atoms with Crippen LogP contribution in [0.25, 0.3) is 16.9 Å². The number of nitrogens with one attached hydrogen (secondary N) is 1. The molecule has 1 aliphatic rings. The molecule has 0 spiro atoms. The zero-order chi connectivity index (χ0) is 27.4. The molecular weight excluding hydrogens is 485 g/mol. The zero-order valence-corrected chi connectivity index (χ0v) is 22.5. The number of aromatic amines is 1. The molecule has 1 saturated heterocycles. The number of benzene rings is 1. The molecule has 0 radical (unpaired) electrons. The maximum absolute atomic E-state index is 13.7. The Labute approximate surface area is 220 Å². The molecule has 1 aromatic carbocycles. The molecule has 10 heteroatoms. The number of rotatable bonds is 3. The molecular formula is C28H32FN7O2. The summed E-state index contributed by atoms with van der Waals surface area (Å²) >= 11 is 0. The van der Waals surface area contributed by atoms with Gasteiger partial charge in [0.25, 0.3) is 11.8 Å². The van der Waals surface area contributed by atoms with Crippen molar-refractivity contribution in [2.45, 2.75) is 52.5 Å². The Balaban J connectivity index is 1.46. The van der Waals surface area contributed by atoms with Crippen molar-refractivity contribution in [1.29, 1.82) is 0 Å². The van der Waals surface area contributed by atoms with E-state index in [4.69, 9.17) is 10.1 Å². The van der Waals surface area contributed by atoms with Crippen LogP contribution in [0.4, 0.5) is 4.39 Å². The first kappa shape index (κ1) is 25.6. The molecule has 1 N–H and O–H groups in total. The SMILES string of the molecule is Cc1ncc(C(=O)N2CCN(C(=O)c3cn4nc(-c5ccc(F)cc5)cc(C(C)(C)C)c4n3)C(C)(C)C2)[nH]1. The summed E-state index contributed by atoms with van der Waals surface area (Å²) in [6, 6.07) is 8.14. The number of imidazole rings is 2. The van der Waals surface area contributed by atoms with Crippen LogP contribution in [-0.2, 0) is 5.41 Å². The minimum atomic E-state index is -0.616. The molecule has 198 valence electrons. The third-order valence-corrected chi connectivity index (χ3v) is 6.96. The third-order valence-electron chi connectivity index (χ3n) is 6.96. The first-order chi connectivity index (χ1) is 17.8. The average molecular weight is 518 g/mol. The number of carbonyl (C=O) groups is 2. The normalized spacial score (nSPS) is 15.8. The fraction of sp³-hybridized carbons (Fsp3) is 0.393. The predicted octanol–water partition coefficient (Wildman–Crippen LogP) is 4.24. The Bertz CT molecular complexity index is 1530. The summed E-state index contributed by atoms with van der Waals surface area (Å²) in [7, 11) is 0. The number of halogens is 1. The highest BCUT2D eigenvalue weighted by molar-refractivity contribution is 5.95. The Morgan fingerprint density at radius 3 is 2.39 bits per heavy atom. The van der Waals surface area contributed by atoms with E-state index in [-0.39, 0.29) is 28.7 Å². The number of amides is 2. The van der Waals surface area contributed by atoms with Crippen LogP contribution in [0.15, 0.2) is 42.7 Å². The second-order valence-electron chi connectivity index (χ2n) is 11.5. The lowest BCUT2D eigenvalue weighted by molar-refractivity contribution is 0.0163. The second kappa shape index (κ2) is 9.04. The van der Waals surface area contributed by atoms with Gasteiger partial charge in [0.15, 0.2) is 5.65 Å². The van der Waals surface area contributed by atoms with E-state index in [9.17, 15) is 14.0 Å². The van der Waals surface area contributed by atoms with E-state index in [1.165, 1.54) is 12.1 Å².